The van der Waals surface area contributed by atoms with E-state index in [1.54, 1.807) is 0 Å². The van der Waals surface area contributed by atoms with E-state index in [1.165, 1.54) is 6.92 Å². The first-order chi connectivity index (χ1) is 9.84. The van der Waals surface area contributed by atoms with Crippen LogP contribution in [0.25, 0.3) is 0 Å². The van der Waals surface area contributed by atoms with Crippen molar-refractivity contribution in [3.63, 3.8) is 0 Å². The summed E-state index contributed by atoms with van der Waals surface area (Å²) in [7, 11) is 0. The summed E-state index contributed by atoms with van der Waals surface area (Å²) in [5.41, 5.74) is -1.86. The molecule has 8 unspecified atom stereocenters. The third-order valence-electron chi connectivity index (χ3n) is 3.97. The van der Waals surface area contributed by atoms with Gasteiger partial charge in [0.25, 0.3) is 0 Å². The fourth-order valence-corrected chi connectivity index (χ4v) is 2.50. The lowest BCUT2D eigenvalue weighted by Crippen LogP contribution is -2.60. The van der Waals surface area contributed by atoms with E-state index in [1.807, 2.05) is 0 Å². The molecule has 2 saturated heterocycles. The first-order valence-electron chi connectivity index (χ1n) is 6.75. The molecule has 0 spiro atoms. The van der Waals surface area contributed by atoms with Gasteiger partial charge in [-0.2, -0.15) is 0 Å². The summed E-state index contributed by atoms with van der Waals surface area (Å²) < 4.78 is 15.7. The molecule has 0 aliphatic carbocycles. The third kappa shape index (κ3) is 3.07. The largest absolute Gasteiger partial charge is 0.394 e. The maximum Gasteiger partial charge on any atom is 0.187 e. The lowest BCUT2D eigenvalue weighted by molar-refractivity contribution is -0.283. The molecule has 0 aromatic rings. The van der Waals surface area contributed by atoms with E-state index in [4.69, 9.17) is 19.3 Å². The molecule has 124 valence electrons. The smallest absolute Gasteiger partial charge is 0.187 e. The molecule has 9 heteroatoms. The predicted molar refractivity (Wildman–Crippen MR) is 66.1 cm³/mol. The van der Waals surface area contributed by atoms with E-state index in [0.717, 1.165) is 0 Å². The molecule has 2 heterocycles. The Morgan fingerprint density at radius 2 is 1.86 bits per heavy atom. The minimum Gasteiger partial charge on any atom is -0.394 e. The van der Waals surface area contributed by atoms with Crippen LogP contribution in [0, 0.1) is 0 Å². The molecule has 0 radical (unpaired) electrons. The average molecular weight is 310 g/mol. The highest BCUT2D eigenvalue weighted by Gasteiger charge is 2.52. The van der Waals surface area contributed by atoms with E-state index >= 15 is 0 Å². The van der Waals surface area contributed by atoms with Gasteiger partial charge in [0.2, 0.25) is 0 Å². The molecule has 2 aliphatic rings. The van der Waals surface area contributed by atoms with Crippen molar-refractivity contribution in [2.75, 3.05) is 19.8 Å². The van der Waals surface area contributed by atoms with Crippen LogP contribution in [0.3, 0.4) is 0 Å². The second-order valence-corrected chi connectivity index (χ2v) is 5.53. The van der Waals surface area contributed by atoms with Crippen LogP contribution in [0.5, 0.6) is 0 Å². The molecule has 0 saturated carbocycles. The lowest BCUT2D eigenvalue weighted by atomic mass is 9.95. The van der Waals surface area contributed by atoms with Crippen LogP contribution in [-0.4, -0.2) is 99.0 Å². The minimum absolute atomic E-state index is 0.345. The highest BCUT2D eigenvalue weighted by Crippen LogP contribution is 2.30. The summed E-state index contributed by atoms with van der Waals surface area (Å²) in [5, 5.41) is 57.9. The van der Waals surface area contributed by atoms with Crippen LogP contribution in [0.4, 0.5) is 0 Å². The van der Waals surface area contributed by atoms with E-state index in [0.29, 0.717) is 0 Å². The van der Waals surface area contributed by atoms with Crippen molar-refractivity contribution in [3.8, 4) is 0 Å². The topological polar surface area (TPSA) is 149 Å². The van der Waals surface area contributed by atoms with Gasteiger partial charge in [-0.15, -0.1) is 0 Å². The Bertz CT molecular complexity index is 352. The quantitative estimate of drug-likeness (QED) is 0.308. The van der Waals surface area contributed by atoms with Crippen LogP contribution in [0.1, 0.15) is 6.92 Å². The Balaban J connectivity index is 2.07. The van der Waals surface area contributed by atoms with Crippen LogP contribution in [0.2, 0.25) is 0 Å². The zero-order valence-corrected chi connectivity index (χ0v) is 11.6. The number of aliphatic hydroxyl groups excluding tert-OH is 5. The van der Waals surface area contributed by atoms with E-state index in [2.05, 4.69) is 0 Å². The Labute approximate surface area is 121 Å². The maximum atomic E-state index is 10.0. The van der Waals surface area contributed by atoms with Gasteiger partial charge in [-0.05, 0) is 6.92 Å². The molecule has 0 aromatic heterocycles. The Morgan fingerprint density at radius 1 is 1.19 bits per heavy atom. The highest BCUT2D eigenvalue weighted by molar-refractivity contribution is 4.96. The van der Waals surface area contributed by atoms with Crippen molar-refractivity contribution in [2.45, 2.75) is 55.4 Å². The molecule has 9 nitrogen and oxygen atoms in total. The molecule has 0 aromatic carbocycles. The number of aliphatic hydroxyl groups is 6. The third-order valence-corrected chi connectivity index (χ3v) is 3.97. The van der Waals surface area contributed by atoms with Crippen LogP contribution >= 0.6 is 0 Å². The van der Waals surface area contributed by atoms with E-state index < -0.39 is 61.7 Å². The van der Waals surface area contributed by atoms with Gasteiger partial charge in [-0.1, -0.05) is 0 Å². The number of hydrogen-bond donors (Lipinski definition) is 6. The molecule has 0 bridgehead atoms. The average Bonchev–Trinajstić information content (AvgIpc) is 2.76. The molecule has 0 amide bonds. The van der Waals surface area contributed by atoms with Crippen molar-refractivity contribution < 1.29 is 44.8 Å². The Morgan fingerprint density at radius 3 is 2.38 bits per heavy atom. The molecule has 2 aliphatic heterocycles. The number of ether oxygens (including phenoxy) is 3. The SMILES string of the molecule is CC1OC(CO)C(OC2OCC(O)(CO)C2O)C(O)C1O. The second kappa shape index (κ2) is 6.41. The lowest BCUT2D eigenvalue weighted by Gasteiger charge is -2.42. The van der Waals surface area contributed by atoms with Gasteiger partial charge in [0.15, 0.2) is 6.29 Å². The summed E-state index contributed by atoms with van der Waals surface area (Å²) in [6, 6.07) is 0. The summed E-state index contributed by atoms with van der Waals surface area (Å²) in [6.07, 6.45) is -8.21. The maximum absolute atomic E-state index is 10.0. The van der Waals surface area contributed by atoms with Crippen molar-refractivity contribution in [3.05, 3.63) is 0 Å². The highest BCUT2D eigenvalue weighted by atomic mass is 16.7. The zero-order chi connectivity index (χ0) is 15.8. The van der Waals surface area contributed by atoms with Crippen molar-refractivity contribution in [1.82, 2.24) is 0 Å². The van der Waals surface area contributed by atoms with Gasteiger partial charge in [0.05, 0.1) is 25.9 Å². The minimum atomic E-state index is -1.86. The van der Waals surface area contributed by atoms with Gasteiger partial charge in [0.1, 0.15) is 36.1 Å². The predicted octanol–water partition coefficient (Wildman–Crippen LogP) is -3.69. The zero-order valence-electron chi connectivity index (χ0n) is 11.6. The van der Waals surface area contributed by atoms with Crippen molar-refractivity contribution in [1.29, 1.82) is 0 Å². The summed E-state index contributed by atoms with van der Waals surface area (Å²) in [4.78, 5) is 0. The fourth-order valence-electron chi connectivity index (χ4n) is 2.50. The van der Waals surface area contributed by atoms with Crippen molar-refractivity contribution >= 4 is 0 Å². The molecule has 2 fully saturated rings. The molecular weight excluding hydrogens is 288 g/mol. The van der Waals surface area contributed by atoms with Gasteiger partial charge in [0, 0.05) is 0 Å². The molecule has 6 N–H and O–H groups in total. The fraction of sp³-hybridized carbons (Fsp3) is 1.00. The van der Waals surface area contributed by atoms with Gasteiger partial charge >= 0.3 is 0 Å². The van der Waals surface area contributed by atoms with Crippen LogP contribution in [0.15, 0.2) is 0 Å². The Kier molecular flexibility index (Phi) is 5.19. The van der Waals surface area contributed by atoms with Crippen LogP contribution in [-0.2, 0) is 14.2 Å². The normalized spacial score (nSPS) is 51.3. The first-order valence-corrected chi connectivity index (χ1v) is 6.75. The number of rotatable bonds is 4. The monoisotopic (exact) mass is 310 g/mol. The number of hydrogen-bond acceptors (Lipinski definition) is 9. The molecule has 21 heavy (non-hydrogen) atoms. The van der Waals surface area contributed by atoms with Gasteiger partial charge in [-0.3, -0.25) is 0 Å². The second-order valence-electron chi connectivity index (χ2n) is 5.53. The van der Waals surface area contributed by atoms with Gasteiger partial charge in [-0.25, -0.2) is 0 Å². The summed E-state index contributed by atoms with van der Waals surface area (Å²) in [6.45, 7) is 0.00660. The molecule has 8 atom stereocenters. The van der Waals surface area contributed by atoms with E-state index in [9.17, 15) is 25.5 Å². The van der Waals surface area contributed by atoms with Gasteiger partial charge < -0.3 is 44.8 Å². The molecular formula is C12H22O9. The summed E-state index contributed by atoms with van der Waals surface area (Å²) in [5.74, 6) is 0. The Hall–Kier alpha value is -0.360. The standard InChI is InChI=1S/C12H22O9/c1-5-7(15)8(16)9(6(2-13)20-5)21-11-10(17)12(18,3-14)4-19-11/h5-11,13-18H,2-4H2,1H3. The van der Waals surface area contributed by atoms with Crippen LogP contribution < -0.4 is 0 Å². The first kappa shape index (κ1) is 17.0. The van der Waals surface area contributed by atoms with E-state index in [-0.39, 0.29) is 6.61 Å². The summed E-state index contributed by atoms with van der Waals surface area (Å²) >= 11 is 0. The molecule has 2 rings (SSSR count). The van der Waals surface area contributed by atoms with Crippen molar-refractivity contribution in [2.24, 2.45) is 0 Å².